The summed E-state index contributed by atoms with van der Waals surface area (Å²) >= 11 is 12.4. The highest BCUT2D eigenvalue weighted by atomic mass is 35.5. The molecule has 0 aliphatic carbocycles. The van der Waals surface area contributed by atoms with Gasteiger partial charge in [-0.2, -0.15) is 0 Å². The molecule has 0 saturated heterocycles. The van der Waals surface area contributed by atoms with Crippen LogP contribution >= 0.6 is 23.2 Å². The second-order valence-electron chi connectivity index (χ2n) is 6.90. The summed E-state index contributed by atoms with van der Waals surface area (Å²) in [5, 5.41) is 0.255. The minimum atomic E-state index is -4.12. The average molecular weight is 461 g/mol. The number of urea groups is 1. The maximum absolute atomic E-state index is 13.3. The Kier molecular flexibility index (Phi) is 5.73. The molecule has 2 amide bonds. The van der Waals surface area contributed by atoms with Gasteiger partial charge < -0.3 is 0 Å². The summed E-state index contributed by atoms with van der Waals surface area (Å²) in [5.74, 6) is 0. The van der Waals surface area contributed by atoms with E-state index < -0.39 is 16.1 Å². The number of carbonyl (C=O) groups is 1. The average Bonchev–Trinajstić information content (AvgIpc) is 2.71. The molecule has 1 heterocycles. The van der Waals surface area contributed by atoms with Gasteiger partial charge in [-0.3, -0.25) is 4.90 Å². The molecule has 0 bridgehead atoms. The van der Waals surface area contributed by atoms with E-state index in [4.69, 9.17) is 23.2 Å². The molecule has 4 rings (SSSR count). The zero-order chi connectivity index (χ0) is 21.3. The molecular formula is C22H18Cl2N2O3S. The molecule has 3 aromatic rings. The topological polar surface area (TPSA) is 57.7 Å². The van der Waals surface area contributed by atoms with Crippen molar-refractivity contribution >= 4 is 44.9 Å². The number of halogens is 2. The highest BCUT2D eigenvalue weighted by molar-refractivity contribution is 7.90. The number of benzene rings is 3. The summed E-state index contributed by atoms with van der Waals surface area (Å²) in [6, 6.07) is 21.0. The van der Waals surface area contributed by atoms with Crippen LogP contribution < -0.4 is 4.90 Å². The van der Waals surface area contributed by atoms with Crippen LogP contribution in [-0.2, 0) is 23.0 Å². The summed E-state index contributed by atoms with van der Waals surface area (Å²) in [7, 11) is -4.12. The van der Waals surface area contributed by atoms with Crippen molar-refractivity contribution in [2.24, 2.45) is 0 Å². The van der Waals surface area contributed by atoms with Crippen molar-refractivity contribution in [3.05, 3.63) is 94.0 Å². The molecule has 5 nitrogen and oxygen atoms in total. The Bertz CT molecular complexity index is 1190. The lowest BCUT2D eigenvalue weighted by atomic mass is 10.1. The smallest absolute Gasteiger partial charge is 0.288 e. The van der Waals surface area contributed by atoms with Crippen LogP contribution in [0.25, 0.3) is 0 Å². The number of sulfonamides is 1. The van der Waals surface area contributed by atoms with E-state index in [1.54, 1.807) is 0 Å². The van der Waals surface area contributed by atoms with Gasteiger partial charge in [0.25, 0.3) is 10.0 Å². The molecule has 1 aliphatic heterocycles. The predicted octanol–water partition coefficient (Wildman–Crippen LogP) is 5.37. The number of anilines is 1. The first-order valence-corrected chi connectivity index (χ1v) is 11.5. The maximum atomic E-state index is 13.3. The van der Waals surface area contributed by atoms with E-state index in [1.807, 2.05) is 60.7 Å². The van der Waals surface area contributed by atoms with Crippen LogP contribution in [0.4, 0.5) is 10.5 Å². The van der Waals surface area contributed by atoms with Gasteiger partial charge >= 0.3 is 6.03 Å². The van der Waals surface area contributed by atoms with Crippen molar-refractivity contribution in [3.63, 3.8) is 0 Å². The second kappa shape index (κ2) is 8.30. The minimum Gasteiger partial charge on any atom is -0.288 e. The van der Waals surface area contributed by atoms with Crippen LogP contribution in [0.15, 0.2) is 77.7 Å². The Hall–Kier alpha value is -2.54. The Morgan fingerprint density at radius 2 is 1.43 bits per heavy atom. The van der Waals surface area contributed by atoms with Crippen LogP contribution in [0.5, 0.6) is 0 Å². The lowest BCUT2D eigenvalue weighted by molar-refractivity contribution is 0.227. The van der Waals surface area contributed by atoms with Crippen molar-refractivity contribution in [2.45, 2.75) is 17.9 Å². The molecule has 30 heavy (non-hydrogen) atoms. The van der Waals surface area contributed by atoms with E-state index in [9.17, 15) is 13.2 Å². The Morgan fingerprint density at radius 3 is 2.07 bits per heavy atom. The van der Waals surface area contributed by atoms with Gasteiger partial charge in [0, 0.05) is 11.6 Å². The Morgan fingerprint density at radius 1 is 0.833 bits per heavy atom. The molecule has 0 saturated carbocycles. The van der Waals surface area contributed by atoms with Crippen molar-refractivity contribution in [1.82, 2.24) is 4.31 Å². The van der Waals surface area contributed by atoms with Crippen LogP contribution in [0, 0.1) is 0 Å². The predicted molar refractivity (Wildman–Crippen MR) is 119 cm³/mol. The SMILES string of the molecule is O=C1N(Cc2ccccc2)c2cc(Cl)cc(Cl)c2S(=O)(=O)N1CCc1ccccc1. The van der Waals surface area contributed by atoms with Crippen molar-refractivity contribution in [2.75, 3.05) is 11.4 Å². The fourth-order valence-electron chi connectivity index (χ4n) is 3.46. The number of nitrogens with zero attached hydrogens (tertiary/aromatic N) is 2. The third kappa shape index (κ3) is 3.90. The van der Waals surface area contributed by atoms with Gasteiger partial charge in [0.1, 0.15) is 4.90 Å². The monoisotopic (exact) mass is 460 g/mol. The van der Waals surface area contributed by atoms with Gasteiger partial charge in [0.05, 0.1) is 17.3 Å². The maximum Gasteiger partial charge on any atom is 0.338 e. The van der Waals surface area contributed by atoms with Gasteiger partial charge in [0.2, 0.25) is 0 Å². The fourth-order valence-corrected chi connectivity index (χ4v) is 5.83. The van der Waals surface area contributed by atoms with Crippen molar-refractivity contribution in [1.29, 1.82) is 0 Å². The molecule has 3 aromatic carbocycles. The third-order valence-electron chi connectivity index (χ3n) is 4.90. The minimum absolute atomic E-state index is 0.00669. The van der Waals surface area contributed by atoms with Gasteiger partial charge in [-0.15, -0.1) is 0 Å². The lowest BCUT2D eigenvalue weighted by Gasteiger charge is -2.37. The number of amides is 2. The summed E-state index contributed by atoms with van der Waals surface area (Å²) in [6.45, 7) is 0.204. The lowest BCUT2D eigenvalue weighted by Crippen LogP contribution is -2.51. The quantitative estimate of drug-likeness (QED) is 0.514. The molecular weight excluding hydrogens is 443 g/mol. The number of hydrogen-bond acceptors (Lipinski definition) is 3. The highest BCUT2D eigenvalue weighted by Crippen LogP contribution is 2.41. The molecule has 0 fully saturated rings. The highest BCUT2D eigenvalue weighted by Gasteiger charge is 2.43. The normalized spacial score (nSPS) is 15.2. The molecule has 154 valence electrons. The molecule has 0 atom stereocenters. The Balaban J connectivity index is 1.77. The molecule has 8 heteroatoms. The number of rotatable bonds is 5. The summed E-state index contributed by atoms with van der Waals surface area (Å²) in [5.41, 5.74) is 1.98. The first kappa shape index (κ1) is 20.7. The van der Waals surface area contributed by atoms with E-state index in [2.05, 4.69) is 0 Å². The van der Waals surface area contributed by atoms with Crippen molar-refractivity contribution in [3.8, 4) is 0 Å². The van der Waals surface area contributed by atoms with Crippen molar-refractivity contribution < 1.29 is 13.2 Å². The molecule has 0 spiro atoms. The van der Waals surface area contributed by atoms with E-state index in [-0.39, 0.29) is 33.7 Å². The molecule has 0 N–H and O–H groups in total. The van der Waals surface area contributed by atoms with Crippen LogP contribution in [0.1, 0.15) is 11.1 Å². The first-order valence-electron chi connectivity index (χ1n) is 9.29. The van der Waals surface area contributed by atoms with Gasteiger partial charge in [-0.1, -0.05) is 83.9 Å². The standard InChI is InChI=1S/C22H18Cl2N2O3S/c23-18-13-19(24)21-20(14-18)25(15-17-9-5-2-6-10-17)22(27)26(30(21,28)29)12-11-16-7-3-1-4-8-16/h1-10,13-14H,11-12,15H2. The first-order chi connectivity index (χ1) is 14.4. The summed E-state index contributed by atoms with van der Waals surface area (Å²) in [6.07, 6.45) is 0.394. The zero-order valence-electron chi connectivity index (χ0n) is 15.8. The fraction of sp³-hybridized carbons (Fsp3) is 0.136. The number of fused-ring (bicyclic) bond motifs is 1. The van der Waals surface area contributed by atoms with E-state index in [0.717, 1.165) is 15.4 Å². The van der Waals surface area contributed by atoms with Crippen LogP contribution in [0.3, 0.4) is 0 Å². The molecule has 0 aromatic heterocycles. The number of carbonyl (C=O) groups excluding carboxylic acids is 1. The van der Waals surface area contributed by atoms with Gasteiger partial charge in [-0.25, -0.2) is 17.5 Å². The largest absolute Gasteiger partial charge is 0.338 e. The summed E-state index contributed by atoms with van der Waals surface area (Å²) < 4.78 is 27.5. The van der Waals surface area contributed by atoms with Crippen LogP contribution in [-0.4, -0.2) is 25.3 Å². The second-order valence-corrected chi connectivity index (χ2v) is 9.55. The molecule has 1 aliphatic rings. The van der Waals surface area contributed by atoms with E-state index >= 15 is 0 Å². The van der Waals surface area contributed by atoms with E-state index in [0.29, 0.717) is 6.42 Å². The molecule has 0 radical (unpaired) electrons. The zero-order valence-corrected chi connectivity index (χ0v) is 18.2. The van der Waals surface area contributed by atoms with Gasteiger partial charge in [-0.05, 0) is 29.7 Å². The van der Waals surface area contributed by atoms with Crippen LogP contribution in [0.2, 0.25) is 10.0 Å². The Labute approximate surface area is 185 Å². The van der Waals surface area contributed by atoms with E-state index in [1.165, 1.54) is 17.0 Å². The molecule has 0 unspecified atom stereocenters. The summed E-state index contributed by atoms with van der Waals surface area (Å²) in [4.78, 5) is 14.6. The van der Waals surface area contributed by atoms with Gasteiger partial charge in [0.15, 0.2) is 0 Å². The third-order valence-corrected chi connectivity index (χ3v) is 7.39. The number of hydrogen-bond donors (Lipinski definition) is 0.